The zero-order chi connectivity index (χ0) is 21.3. The van der Waals surface area contributed by atoms with E-state index in [1.807, 2.05) is 0 Å². The molecule has 1 N–H and O–H groups in total. The third-order valence-electron chi connectivity index (χ3n) is 4.83. The number of benzene rings is 2. The number of hydrogen-bond donors (Lipinski definition) is 1. The van der Waals surface area contributed by atoms with E-state index in [1.54, 1.807) is 25.1 Å². The van der Waals surface area contributed by atoms with Gasteiger partial charge in [0.05, 0.1) is 27.8 Å². The molecule has 0 saturated carbocycles. The molecule has 0 fully saturated rings. The summed E-state index contributed by atoms with van der Waals surface area (Å²) in [4.78, 5) is 11.3. The summed E-state index contributed by atoms with van der Waals surface area (Å²) in [5.74, 6) is -1.34. The van der Waals surface area contributed by atoms with Crippen LogP contribution in [0.25, 0.3) is 17.2 Å². The number of fused-ring (bicyclic) bond motifs is 1. The largest absolute Gasteiger partial charge is 0.493 e. The predicted molar refractivity (Wildman–Crippen MR) is 105 cm³/mol. The highest BCUT2D eigenvalue weighted by Gasteiger charge is 2.29. The third-order valence-corrected chi connectivity index (χ3v) is 4.83. The second-order valence-corrected chi connectivity index (χ2v) is 6.50. The summed E-state index contributed by atoms with van der Waals surface area (Å²) in [6.07, 6.45) is 1.35. The van der Waals surface area contributed by atoms with Crippen LogP contribution in [0.2, 0.25) is 0 Å². The van der Waals surface area contributed by atoms with E-state index in [-0.39, 0.29) is 17.5 Å². The van der Waals surface area contributed by atoms with Crippen molar-refractivity contribution in [2.24, 2.45) is 0 Å². The van der Waals surface area contributed by atoms with Gasteiger partial charge in [-0.05, 0) is 59.0 Å². The predicted octanol–water partition coefficient (Wildman–Crippen LogP) is 4.79. The summed E-state index contributed by atoms with van der Waals surface area (Å²) >= 11 is 0. The summed E-state index contributed by atoms with van der Waals surface area (Å²) in [7, 11) is 4.45. The number of aliphatic carboxylic acids is 1. The maximum Gasteiger partial charge on any atom is 0.307 e. The molecule has 7 heteroatoms. The van der Waals surface area contributed by atoms with Gasteiger partial charge in [0, 0.05) is 11.6 Å². The van der Waals surface area contributed by atoms with Crippen molar-refractivity contribution in [3.63, 3.8) is 0 Å². The van der Waals surface area contributed by atoms with Gasteiger partial charge < -0.3 is 19.3 Å². The van der Waals surface area contributed by atoms with E-state index >= 15 is 0 Å². The monoisotopic (exact) mass is 402 g/mol. The zero-order valence-electron chi connectivity index (χ0n) is 16.4. The van der Waals surface area contributed by atoms with Gasteiger partial charge in [-0.3, -0.25) is 4.79 Å². The van der Waals surface area contributed by atoms with Crippen molar-refractivity contribution in [3.8, 4) is 17.2 Å². The van der Waals surface area contributed by atoms with Crippen molar-refractivity contribution >= 4 is 23.2 Å². The van der Waals surface area contributed by atoms with Gasteiger partial charge in [-0.1, -0.05) is 0 Å². The molecule has 0 radical (unpaired) electrons. The van der Waals surface area contributed by atoms with E-state index in [0.29, 0.717) is 39.5 Å². The Kier molecular flexibility index (Phi) is 5.59. The average Bonchev–Trinajstić information content (AvgIpc) is 2.92. The molecule has 29 heavy (non-hydrogen) atoms. The Morgan fingerprint density at radius 1 is 1.03 bits per heavy atom. The van der Waals surface area contributed by atoms with Crippen LogP contribution < -0.4 is 14.2 Å². The highest BCUT2D eigenvalue weighted by molar-refractivity contribution is 6.07. The van der Waals surface area contributed by atoms with Crippen molar-refractivity contribution in [3.05, 3.63) is 58.2 Å². The fourth-order valence-electron chi connectivity index (χ4n) is 3.55. The van der Waals surface area contributed by atoms with Crippen LogP contribution in [-0.2, 0) is 4.79 Å². The Bertz CT molecular complexity index is 1030. The van der Waals surface area contributed by atoms with Gasteiger partial charge in [-0.2, -0.15) is 0 Å². The van der Waals surface area contributed by atoms with Gasteiger partial charge in [0.15, 0.2) is 11.5 Å². The number of carboxylic acids is 1. The molecule has 152 valence electrons. The molecule has 2 aromatic rings. The van der Waals surface area contributed by atoms with E-state index in [9.17, 15) is 18.7 Å². The number of methoxy groups -OCH3 is 3. The minimum absolute atomic E-state index is 0.175. The van der Waals surface area contributed by atoms with Gasteiger partial charge >= 0.3 is 5.97 Å². The van der Waals surface area contributed by atoms with Gasteiger partial charge in [-0.15, -0.1) is 0 Å². The number of ether oxygens (including phenoxy) is 3. The van der Waals surface area contributed by atoms with Crippen molar-refractivity contribution in [1.29, 1.82) is 0 Å². The quantitative estimate of drug-likeness (QED) is 0.752. The van der Waals surface area contributed by atoms with E-state index in [0.717, 1.165) is 12.1 Å². The molecule has 0 saturated heterocycles. The molecule has 0 bridgehead atoms. The molecule has 1 aliphatic carbocycles. The molecule has 5 nitrogen and oxygen atoms in total. The fraction of sp³-hybridized carbons (Fsp3) is 0.227. The summed E-state index contributed by atoms with van der Waals surface area (Å²) in [5.41, 5.74) is 2.48. The summed E-state index contributed by atoms with van der Waals surface area (Å²) < 4.78 is 44.5. The Morgan fingerprint density at radius 3 is 2.17 bits per heavy atom. The Hall–Kier alpha value is -3.35. The van der Waals surface area contributed by atoms with Gasteiger partial charge in [0.2, 0.25) is 5.75 Å². The lowest BCUT2D eigenvalue weighted by Crippen LogP contribution is -1.98. The van der Waals surface area contributed by atoms with Crippen molar-refractivity contribution in [1.82, 2.24) is 0 Å². The molecule has 0 aromatic heterocycles. The van der Waals surface area contributed by atoms with Crippen LogP contribution in [0, 0.1) is 11.6 Å². The Labute approximate surface area is 166 Å². The van der Waals surface area contributed by atoms with E-state index < -0.39 is 17.6 Å². The molecule has 2 aromatic carbocycles. The summed E-state index contributed by atoms with van der Waals surface area (Å²) in [6, 6.07) is 5.34. The van der Waals surface area contributed by atoms with Crippen molar-refractivity contribution in [2.45, 2.75) is 13.3 Å². The lowest BCUT2D eigenvalue weighted by molar-refractivity contribution is -0.135. The van der Waals surface area contributed by atoms with Gasteiger partial charge in [0.1, 0.15) is 11.6 Å². The van der Waals surface area contributed by atoms with Crippen molar-refractivity contribution in [2.75, 3.05) is 21.3 Å². The second-order valence-electron chi connectivity index (χ2n) is 6.50. The van der Waals surface area contributed by atoms with Crippen LogP contribution >= 0.6 is 0 Å². The number of carbonyl (C=O) groups is 1. The first-order valence-electron chi connectivity index (χ1n) is 8.74. The van der Waals surface area contributed by atoms with Crippen LogP contribution in [0.4, 0.5) is 8.78 Å². The molecule has 1 aliphatic rings. The smallest absolute Gasteiger partial charge is 0.307 e. The molecular weight excluding hydrogens is 382 g/mol. The van der Waals surface area contributed by atoms with Crippen LogP contribution in [0.3, 0.4) is 0 Å². The number of hydrogen-bond acceptors (Lipinski definition) is 4. The first-order chi connectivity index (χ1) is 13.8. The minimum Gasteiger partial charge on any atom is -0.493 e. The first-order valence-corrected chi connectivity index (χ1v) is 8.74. The zero-order valence-corrected chi connectivity index (χ0v) is 16.4. The molecule has 0 aliphatic heterocycles. The Balaban J connectivity index is 2.25. The normalized spacial score (nSPS) is 14.2. The highest BCUT2D eigenvalue weighted by atomic mass is 19.1. The minimum atomic E-state index is -1.08. The SMILES string of the molecule is COc1cc(/C=C2/C(C)=C(CC(=O)O)c3cc(F)cc(F)c32)cc(OC)c1OC. The maximum absolute atomic E-state index is 14.7. The molecule has 0 unspecified atom stereocenters. The molecule has 0 amide bonds. The van der Waals surface area contributed by atoms with Crippen molar-refractivity contribution < 1.29 is 32.9 Å². The second kappa shape index (κ2) is 7.95. The van der Waals surface area contributed by atoms with Crippen LogP contribution in [0.1, 0.15) is 30.0 Å². The average molecular weight is 402 g/mol. The lowest BCUT2D eigenvalue weighted by atomic mass is 9.99. The van der Waals surface area contributed by atoms with E-state index in [1.165, 1.54) is 21.3 Å². The number of halogens is 2. The standard InChI is InChI=1S/C22H20F2O5/c1-11-14(10-20(25)26)16-8-13(23)9-17(24)21(16)15(11)5-12-6-18(27-2)22(29-4)19(7-12)28-3/h5-9H,10H2,1-4H3,(H,25,26)/b15-5-. The number of rotatable bonds is 6. The third kappa shape index (κ3) is 3.68. The lowest BCUT2D eigenvalue weighted by Gasteiger charge is -2.13. The fourth-order valence-corrected chi connectivity index (χ4v) is 3.55. The molecule has 0 spiro atoms. The van der Waals surface area contributed by atoms with E-state index in [4.69, 9.17) is 14.2 Å². The topological polar surface area (TPSA) is 65.0 Å². The molecule has 3 rings (SSSR count). The molecular formula is C22H20F2O5. The van der Waals surface area contributed by atoms with Crippen LogP contribution in [0.15, 0.2) is 29.8 Å². The van der Waals surface area contributed by atoms with Crippen LogP contribution in [0.5, 0.6) is 17.2 Å². The summed E-state index contributed by atoms with van der Waals surface area (Å²) in [6.45, 7) is 1.69. The number of carboxylic acid groups (broad SMARTS) is 1. The molecule has 0 heterocycles. The highest BCUT2D eigenvalue weighted by Crippen LogP contribution is 2.46. The Morgan fingerprint density at radius 2 is 1.66 bits per heavy atom. The van der Waals surface area contributed by atoms with E-state index in [2.05, 4.69) is 0 Å². The number of allylic oxidation sites excluding steroid dienone is 2. The molecule has 0 atom stereocenters. The first kappa shape index (κ1) is 20.4. The summed E-state index contributed by atoms with van der Waals surface area (Å²) in [5, 5.41) is 9.24. The van der Waals surface area contributed by atoms with Crippen LogP contribution in [-0.4, -0.2) is 32.4 Å². The maximum atomic E-state index is 14.7. The van der Waals surface area contributed by atoms with Gasteiger partial charge in [0.25, 0.3) is 0 Å². The van der Waals surface area contributed by atoms with Gasteiger partial charge in [-0.25, -0.2) is 8.78 Å².